The molecule has 0 radical (unpaired) electrons. The first-order chi connectivity index (χ1) is 22.0. The largest absolute Gasteiger partial charge is 0.480 e. The number of aromatic nitrogens is 4. The number of nitrogens with zero attached hydrogens (tertiary/aromatic N) is 4. The first kappa shape index (κ1) is 35.3. The van der Waals surface area contributed by atoms with Crippen LogP contribution >= 0.6 is 0 Å². The quantitative estimate of drug-likeness (QED) is 0.150. The summed E-state index contributed by atoms with van der Waals surface area (Å²) < 4.78 is 0. The van der Waals surface area contributed by atoms with Crippen LogP contribution in [0.4, 0.5) is 23.7 Å². The first-order valence-electron chi connectivity index (χ1n) is 14.1. The number of rotatable bonds is 12. The molecule has 2 aromatic rings. The second kappa shape index (κ2) is 14.8. The van der Waals surface area contributed by atoms with Crippen LogP contribution in [0.5, 0.6) is 0 Å². The Hall–Kier alpha value is -6.14. The number of amides is 4. The van der Waals surface area contributed by atoms with Crippen LogP contribution in [-0.4, -0.2) is 84.6 Å². The van der Waals surface area contributed by atoms with Gasteiger partial charge in [-0.3, -0.25) is 39.4 Å². The zero-order valence-electron chi connectivity index (χ0n) is 26.4. The van der Waals surface area contributed by atoms with Crippen LogP contribution in [0.3, 0.4) is 0 Å². The molecule has 250 valence electrons. The number of carboxylic acids is 2. The van der Waals surface area contributed by atoms with Gasteiger partial charge in [0.2, 0.25) is 23.7 Å². The van der Waals surface area contributed by atoms with Crippen molar-refractivity contribution in [2.45, 2.75) is 47.5 Å². The molecule has 0 spiro atoms. The molecule has 0 saturated carbocycles. The van der Waals surface area contributed by atoms with E-state index in [-0.39, 0.29) is 52.5 Å². The van der Waals surface area contributed by atoms with Crippen LogP contribution in [-0.2, 0) is 24.0 Å². The number of allylic oxidation sites excluding steroid dienone is 1. The van der Waals surface area contributed by atoms with E-state index in [9.17, 15) is 28.8 Å². The molecule has 2 aromatic heterocycles. The summed E-state index contributed by atoms with van der Waals surface area (Å²) in [6.45, 7) is 8.39. The van der Waals surface area contributed by atoms with Crippen molar-refractivity contribution in [3.05, 3.63) is 33.7 Å². The van der Waals surface area contributed by atoms with E-state index in [2.05, 4.69) is 51.5 Å². The van der Waals surface area contributed by atoms with Gasteiger partial charge in [-0.1, -0.05) is 27.7 Å². The highest BCUT2D eigenvalue weighted by molar-refractivity contribution is 6.27. The van der Waals surface area contributed by atoms with E-state index in [0.29, 0.717) is 22.5 Å². The Balaban J connectivity index is 2.26. The average Bonchev–Trinajstić information content (AvgIpc) is 3.46. The van der Waals surface area contributed by atoms with Crippen molar-refractivity contribution >= 4 is 71.1 Å². The van der Waals surface area contributed by atoms with Gasteiger partial charge in [-0.15, -0.1) is 0 Å². The van der Waals surface area contributed by atoms with Crippen molar-refractivity contribution in [2.75, 3.05) is 29.5 Å². The Morgan fingerprint density at radius 2 is 1.38 bits per heavy atom. The number of anilines is 3. The number of hydrogen-bond donors (Lipinski definition) is 9. The minimum Gasteiger partial charge on any atom is -0.480 e. The smallest absolute Gasteiger partial charge is 0.322 e. The second-order valence-corrected chi connectivity index (χ2v) is 10.8. The van der Waals surface area contributed by atoms with E-state index in [1.807, 2.05) is 13.8 Å². The number of carbonyl (C=O) groups excluding carboxylic acids is 4. The summed E-state index contributed by atoms with van der Waals surface area (Å²) in [6, 6.07) is 0. The number of aliphatic carboxylic acids is 2. The average molecular weight is 654 g/mol. The molecule has 0 aromatic carbocycles. The summed E-state index contributed by atoms with van der Waals surface area (Å²) in [5.74, 6) is -6.79. The summed E-state index contributed by atoms with van der Waals surface area (Å²) in [5, 5.41) is 30.5. The van der Waals surface area contributed by atoms with Gasteiger partial charge in [0.15, 0.2) is 0 Å². The number of carboxylic acid groups (broad SMARTS) is 2. The van der Waals surface area contributed by atoms with Crippen molar-refractivity contribution in [3.63, 3.8) is 0 Å². The summed E-state index contributed by atoms with van der Waals surface area (Å²) in [7, 11) is 0. The molecule has 0 aliphatic carbocycles. The lowest BCUT2D eigenvalue weighted by Gasteiger charge is -2.12. The van der Waals surface area contributed by atoms with Crippen molar-refractivity contribution < 1.29 is 39.0 Å². The maximum atomic E-state index is 13.4. The van der Waals surface area contributed by atoms with Gasteiger partial charge in [0.05, 0.1) is 11.1 Å². The number of imide groups is 2. The molecular weight excluding hydrogens is 618 g/mol. The van der Waals surface area contributed by atoms with Gasteiger partial charge in [0.25, 0.3) is 17.8 Å². The maximum Gasteiger partial charge on any atom is 0.322 e. The van der Waals surface area contributed by atoms with E-state index in [1.54, 1.807) is 19.9 Å². The Labute approximate surface area is 267 Å². The number of amidine groups is 1. The topological polar surface area (TPSA) is 296 Å². The lowest BCUT2D eigenvalue weighted by atomic mass is 9.93. The molecule has 0 saturated heterocycles. The Bertz CT molecular complexity index is 1700. The van der Waals surface area contributed by atoms with Crippen molar-refractivity contribution in [3.8, 4) is 0 Å². The van der Waals surface area contributed by atoms with Gasteiger partial charge in [-0.25, -0.2) is 0 Å². The maximum absolute atomic E-state index is 13.4. The van der Waals surface area contributed by atoms with Crippen molar-refractivity contribution in [1.82, 2.24) is 35.9 Å². The second-order valence-electron chi connectivity index (χ2n) is 10.8. The number of nitrogens with two attached hydrogens (primary N) is 1. The van der Waals surface area contributed by atoms with Crippen molar-refractivity contribution in [2.24, 2.45) is 10.9 Å². The van der Waals surface area contributed by atoms with Crippen LogP contribution in [0.2, 0.25) is 0 Å². The van der Waals surface area contributed by atoms with Gasteiger partial charge < -0.3 is 36.9 Å². The van der Waals surface area contributed by atoms with Crippen LogP contribution in [0, 0.1) is 5.92 Å². The minimum absolute atomic E-state index is 0.00350. The summed E-state index contributed by atoms with van der Waals surface area (Å²) >= 11 is 0. The molecule has 1 aliphatic rings. The molecular formula is C28H35N11O8. The SMILES string of the molecule is CC(=O)NC(=O)C1=C(C(C)C)C(=Cc2[nH]c(N)c(C(=O)NC(C)=O)c2C(C)C)NC1=Nc1nc(NCC(=O)O)nc(NCC(=O)O)n1. The lowest BCUT2D eigenvalue weighted by molar-refractivity contribution is -0.135. The fourth-order valence-electron chi connectivity index (χ4n) is 4.63. The number of nitrogen functional groups attached to an aromatic ring is 1. The minimum atomic E-state index is -1.23. The summed E-state index contributed by atoms with van der Waals surface area (Å²) in [4.78, 5) is 91.5. The molecule has 3 heterocycles. The molecule has 1 aliphatic heterocycles. The molecule has 0 unspecified atom stereocenters. The zero-order chi connectivity index (χ0) is 35.2. The number of aliphatic imine (C=N–C) groups is 1. The number of hydrogen-bond acceptors (Lipinski definition) is 13. The Morgan fingerprint density at radius 3 is 1.85 bits per heavy atom. The van der Waals surface area contributed by atoms with Crippen molar-refractivity contribution in [1.29, 1.82) is 0 Å². The highest BCUT2D eigenvalue weighted by Gasteiger charge is 2.34. The van der Waals surface area contributed by atoms with Crippen LogP contribution in [0.25, 0.3) is 6.08 Å². The molecule has 0 bridgehead atoms. The van der Waals surface area contributed by atoms with E-state index in [0.717, 1.165) is 6.92 Å². The number of carbonyl (C=O) groups is 6. The Morgan fingerprint density at radius 1 is 0.851 bits per heavy atom. The van der Waals surface area contributed by atoms with E-state index < -0.39 is 48.7 Å². The molecule has 0 fully saturated rings. The van der Waals surface area contributed by atoms with Crippen LogP contribution in [0.15, 0.2) is 21.8 Å². The molecule has 10 N–H and O–H groups in total. The van der Waals surface area contributed by atoms with Gasteiger partial charge in [0, 0.05) is 25.2 Å². The third-order valence-corrected chi connectivity index (χ3v) is 6.26. The predicted molar refractivity (Wildman–Crippen MR) is 168 cm³/mol. The molecule has 0 atom stereocenters. The van der Waals surface area contributed by atoms with E-state index in [1.165, 1.54) is 6.92 Å². The number of nitrogens with one attached hydrogen (secondary N) is 6. The standard InChI is InChI=1S/C28H35N11O8/c1-10(2)18-14(34-22(29)20(18)24(46)32-12(5)40)7-15-19(11(3)4)21(25(47)33-13(6)41)23(35-15)36-28-38-26(30-8-16(42)43)37-27(39-28)31-9-17(44)45/h7,10-11,34H,8-9,29H2,1-6H3,(H,42,43)(H,44,45)(H,32,40,46)(H,33,41,47)(H3,30,31,35,36,37,38,39). The molecule has 47 heavy (non-hydrogen) atoms. The normalized spacial score (nSPS) is 14.4. The highest BCUT2D eigenvalue weighted by Crippen LogP contribution is 2.35. The number of H-pyrrole nitrogens is 1. The Kier molecular flexibility index (Phi) is 11.1. The first-order valence-corrected chi connectivity index (χ1v) is 14.1. The zero-order valence-corrected chi connectivity index (χ0v) is 26.4. The van der Waals surface area contributed by atoms with Gasteiger partial charge in [0.1, 0.15) is 24.7 Å². The third kappa shape index (κ3) is 8.96. The van der Waals surface area contributed by atoms with Gasteiger partial charge in [-0.2, -0.15) is 19.9 Å². The lowest BCUT2D eigenvalue weighted by Crippen LogP contribution is -2.33. The van der Waals surface area contributed by atoms with Crippen LogP contribution in [0.1, 0.15) is 69.1 Å². The van der Waals surface area contributed by atoms with Gasteiger partial charge in [-0.05, 0) is 29.0 Å². The van der Waals surface area contributed by atoms with Gasteiger partial charge >= 0.3 is 11.9 Å². The molecule has 3 rings (SSSR count). The number of aromatic amines is 1. The third-order valence-electron chi connectivity index (χ3n) is 6.26. The fourth-order valence-corrected chi connectivity index (χ4v) is 4.63. The monoisotopic (exact) mass is 653 g/mol. The summed E-state index contributed by atoms with van der Waals surface area (Å²) in [6.07, 6.45) is 1.60. The van der Waals surface area contributed by atoms with E-state index >= 15 is 0 Å². The molecule has 19 heteroatoms. The summed E-state index contributed by atoms with van der Waals surface area (Å²) in [5.41, 5.74) is 7.81. The van der Waals surface area contributed by atoms with E-state index in [4.69, 9.17) is 15.9 Å². The van der Waals surface area contributed by atoms with Crippen LogP contribution < -0.4 is 32.3 Å². The predicted octanol–water partition coefficient (Wildman–Crippen LogP) is 0.464. The molecule has 4 amide bonds. The molecule has 19 nitrogen and oxygen atoms in total. The highest BCUT2D eigenvalue weighted by atomic mass is 16.4. The fraction of sp³-hybridized carbons (Fsp3) is 0.357.